The molecule has 2 fully saturated rings. The van der Waals surface area contributed by atoms with Gasteiger partial charge in [0.1, 0.15) is 5.82 Å². The summed E-state index contributed by atoms with van der Waals surface area (Å²) >= 11 is 0. The zero-order chi connectivity index (χ0) is 16.1. The molecular formula is C17H22N4O2. The third-order valence-electron chi connectivity index (χ3n) is 5.48. The molecule has 6 heteroatoms. The van der Waals surface area contributed by atoms with Gasteiger partial charge >= 0.3 is 0 Å². The highest BCUT2D eigenvalue weighted by molar-refractivity contribution is 5.98. The maximum absolute atomic E-state index is 12.2. The smallest absolute Gasteiger partial charge is 0.252 e. The van der Waals surface area contributed by atoms with E-state index in [0.717, 1.165) is 43.4 Å². The first-order valence-electron chi connectivity index (χ1n) is 8.39. The Hall–Kier alpha value is -2.11. The summed E-state index contributed by atoms with van der Waals surface area (Å²) in [5.41, 5.74) is 8.39. The van der Waals surface area contributed by atoms with E-state index >= 15 is 0 Å². The first-order chi connectivity index (χ1) is 11.0. The van der Waals surface area contributed by atoms with Crippen molar-refractivity contribution in [2.75, 3.05) is 18.5 Å². The number of nitrogens with two attached hydrogens (primary N) is 1. The Morgan fingerprint density at radius 3 is 2.87 bits per heavy atom. The number of likely N-dealkylation sites (N-methyl/N-ethyl adjacent to an activating group) is 1. The maximum atomic E-state index is 12.2. The van der Waals surface area contributed by atoms with Crippen LogP contribution in [0.1, 0.15) is 47.3 Å². The minimum absolute atomic E-state index is 0.127. The molecule has 3 heterocycles. The second-order valence-electron chi connectivity index (χ2n) is 6.95. The summed E-state index contributed by atoms with van der Waals surface area (Å²) < 4.78 is 0. The lowest BCUT2D eigenvalue weighted by molar-refractivity contribution is -0.129. The lowest BCUT2D eigenvalue weighted by atomic mass is 10.1. The van der Waals surface area contributed by atoms with E-state index in [4.69, 9.17) is 10.7 Å². The van der Waals surface area contributed by atoms with Crippen LogP contribution in [-0.2, 0) is 17.6 Å². The van der Waals surface area contributed by atoms with Crippen LogP contribution in [0.2, 0.25) is 0 Å². The highest BCUT2D eigenvalue weighted by Crippen LogP contribution is 2.37. The Morgan fingerprint density at radius 2 is 2.09 bits per heavy atom. The van der Waals surface area contributed by atoms with Crippen LogP contribution in [0, 0.1) is 0 Å². The van der Waals surface area contributed by atoms with E-state index in [2.05, 4.69) is 4.90 Å². The van der Waals surface area contributed by atoms with Gasteiger partial charge in [-0.25, -0.2) is 4.98 Å². The van der Waals surface area contributed by atoms with Gasteiger partial charge in [-0.15, -0.1) is 0 Å². The van der Waals surface area contributed by atoms with E-state index < -0.39 is 5.91 Å². The molecule has 0 aromatic carbocycles. The second kappa shape index (κ2) is 5.22. The number of amides is 2. The second-order valence-corrected chi connectivity index (χ2v) is 6.95. The number of aryl methyl sites for hydroxylation is 2. The summed E-state index contributed by atoms with van der Waals surface area (Å²) in [6, 6.07) is 2.28. The van der Waals surface area contributed by atoms with Gasteiger partial charge in [-0.1, -0.05) is 0 Å². The highest BCUT2D eigenvalue weighted by atomic mass is 16.2. The molecule has 2 amide bonds. The van der Waals surface area contributed by atoms with Crippen molar-refractivity contribution in [3.8, 4) is 0 Å². The van der Waals surface area contributed by atoms with Crippen molar-refractivity contribution in [2.24, 2.45) is 5.73 Å². The number of pyridine rings is 1. The Morgan fingerprint density at radius 1 is 1.30 bits per heavy atom. The summed E-state index contributed by atoms with van der Waals surface area (Å²) in [6.07, 6.45) is 5.50. The first kappa shape index (κ1) is 14.5. The number of aromatic nitrogens is 1. The van der Waals surface area contributed by atoms with Crippen molar-refractivity contribution in [3.05, 3.63) is 22.9 Å². The van der Waals surface area contributed by atoms with E-state index in [1.165, 1.54) is 0 Å². The molecule has 4 rings (SSSR count). The number of carbonyl (C=O) groups excluding carboxylic acids is 2. The van der Waals surface area contributed by atoms with Gasteiger partial charge in [0.15, 0.2) is 0 Å². The molecular weight excluding hydrogens is 292 g/mol. The molecule has 0 spiro atoms. The third kappa shape index (κ3) is 2.28. The molecule has 0 unspecified atom stereocenters. The predicted molar refractivity (Wildman–Crippen MR) is 86.3 cm³/mol. The molecule has 2 atom stereocenters. The van der Waals surface area contributed by atoms with Gasteiger partial charge in [-0.2, -0.15) is 0 Å². The number of primary amides is 1. The minimum atomic E-state index is -0.425. The Balaban J connectivity index is 1.80. The van der Waals surface area contributed by atoms with Gasteiger partial charge in [0.25, 0.3) is 5.91 Å². The Labute approximate surface area is 135 Å². The van der Waals surface area contributed by atoms with Gasteiger partial charge < -0.3 is 15.5 Å². The number of rotatable bonds is 2. The zero-order valence-corrected chi connectivity index (χ0v) is 13.4. The van der Waals surface area contributed by atoms with Crippen molar-refractivity contribution in [2.45, 2.75) is 50.6 Å². The molecule has 2 aliphatic heterocycles. The van der Waals surface area contributed by atoms with E-state index in [1.807, 2.05) is 13.1 Å². The van der Waals surface area contributed by atoms with Crippen LogP contribution in [0.3, 0.4) is 0 Å². The normalized spacial score (nSPS) is 26.4. The van der Waals surface area contributed by atoms with Crippen molar-refractivity contribution in [3.63, 3.8) is 0 Å². The number of likely N-dealkylation sites (tertiary alicyclic amines) is 1. The third-order valence-corrected chi connectivity index (χ3v) is 5.48. The van der Waals surface area contributed by atoms with Crippen LogP contribution < -0.4 is 10.6 Å². The number of hydrogen-bond donors (Lipinski definition) is 1. The lowest BCUT2D eigenvalue weighted by Crippen LogP contribution is -2.40. The molecule has 1 aromatic heterocycles. The molecule has 2 N–H and O–H groups in total. The van der Waals surface area contributed by atoms with E-state index in [0.29, 0.717) is 24.3 Å². The zero-order valence-electron chi connectivity index (χ0n) is 13.4. The topological polar surface area (TPSA) is 79.5 Å². The molecule has 2 bridgehead atoms. The standard InChI is InChI=1S/C17H22N4O2/c1-20-9-12-6-5-11(8-15(20)22)21(12)17-13(16(18)23)7-10-3-2-4-14(10)19-17/h7,11-12H,2-6,8-9H2,1H3,(H2,18,23)/t11-,12+/m1/s1. The molecule has 6 nitrogen and oxygen atoms in total. The van der Waals surface area contributed by atoms with Gasteiger partial charge in [-0.3, -0.25) is 9.59 Å². The quantitative estimate of drug-likeness (QED) is 0.878. The van der Waals surface area contributed by atoms with E-state index in [1.54, 1.807) is 4.90 Å². The average Bonchev–Trinajstić information content (AvgIpc) is 3.08. The fourth-order valence-corrected chi connectivity index (χ4v) is 4.30. The molecule has 0 radical (unpaired) electrons. The number of anilines is 1. The van der Waals surface area contributed by atoms with Gasteiger partial charge in [0.2, 0.25) is 5.91 Å². The monoisotopic (exact) mass is 314 g/mol. The first-order valence-corrected chi connectivity index (χ1v) is 8.39. The highest BCUT2D eigenvalue weighted by Gasteiger charge is 2.41. The maximum Gasteiger partial charge on any atom is 0.252 e. The van der Waals surface area contributed by atoms with Crippen molar-refractivity contribution in [1.82, 2.24) is 9.88 Å². The summed E-state index contributed by atoms with van der Waals surface area (Å²) in [5.74, 6) is 0.447. The fourth-order valence-electron chi connectivity index (χ4n) is 4.30. The summed E-state index contributed by atoms with van der Waals surface area (Å²) in [7, 11) is 1.85. The van der Waals surface area contributed by atoms with E-state index in [9.17, 15) is 9.59 Å². The van der Waals surface area contributed by atoms with Crippen LogP contribution in [0.5, 0.6) is 0 Å². The number of carbonyl (C=O) groups is 2. The minimum Gasteiger partial charge on any atom is -0.365 e. The van der Waals surface area contributed by atoms with Crippen LogP contribution in [0.4, 0.5) is 5.82 Å². The van der Waals surface area contributed by atoms with Crippen LogP contribution in [-0.4, -0.2) is 47.4 Å². The number of fused-ring (bicyclic) bond motifs is 3. The van der Waals surface area contributed by atoms with Gasteiger partial charge in [0, 0.05) is 37.8 Å². The fraction of sp³-hybridized carbons (Fsp3) is 0.588. The van der Waals surface area contributed by atoms with E-state index in [-0.39, 0.29) is 18.0 Å². The molecule has 1 aliphatic carbocycles. The Bertz CT molecular complexity index is 687. The van der Waals surface area contributed by atoms with Gasteiger partial charge in [0.05, 0.1) is 5.56 Å². The largest absolute Gasteiger partial charge is 0.365 e. The predicted octanol–water partition coefficient (Wildman–Crippen LogP) is 0.869. The SMILES string of the molecule is CN1C[C@@H]2CC[C@H](CC1=O)N2c1nc2c(cc1C(N)=O)CCC2. The molecule has 3 aliphatic rings. The van der Waals surface area contributed by atoms with Gasteiger partial charge in [-0.05, 0) is 43.7 Å². The Kier molecular flexibility index (Phi) is 3.28. The lowest BCUT2D eigenvalue weighted by Gasteiger charge is -2.31. The average molecular weight is 314 g/mol. The molecule has 1 aromatic rings. The molecule has 0 saturated carbocycles. The number of nitrogens with zero attached hydrogens (tertiary/aromatic N) is 3. The summed E-state index contributed by atoms with van der Waals surface area (Å²) in [4.78, 5) is 33.0. The van der Waals surface area contributed by atoms with Crippen LogP contribution >= 0.6 is 0 Å². The molecule has 23 heavy (non-hydrogen) atoms. The van der Waals surface area contributed by atoms with Crippen molar-refractivity contribution < 1.29 is 9.59 Å². The molecule has 2 saturated heterocycles. The van der Waals surface area contributed by atoms with Crippen molar-refractivity contribution in [1.29, 1.82) is 0 Å². The number of hydrogen-bond acceptors (Lipinski definition) is 4. The van der Waals surface area contributed by atoms with Crippen molar-refractivity contribution >= 4 is 17.6 Å². The van der Waals surface area contributed by atoms with Crippen LogP contribution in [0.15, 0.2) is 6.07 Å². The molecule has 122 valence electrons. The van der Waals surface area contributed by atoms with Crippen LogP contribution in [0.25, 0.3) is 0 Å². The summed E-state index contributed by atoms with van der Waals surface area (Å²) in [5, 5.41) is 0. The summed E-state index contributed by atoms with van der Waals surface area (Å²) in [6.45, 7) is 0.687.